The molecule has 3 aromatic carbocycles. The van der Waals surface area contributed by atoms with Crippen molar-refractivity contribution in [3.63, 3.8) is 0 Å². The van der Waals surface area contributed by atoms with Gasteiger partial charge in [-0.25, -0.2) is 19.7 Å². The number of carbonyl (C=O) groups excluding carboxylic acids is 1. The first-order valence-electron chi connectivity index (χ1n) is 12.6. The van der Waals surface area contributed by atoms with E-state index >= 15 is 0 Å². The lowest BCUT2D eigenvalue weighted by Gasteiger charge is -2.14. The predicted molar refractivity (Wildman–Crippen MR) is 143 cm³/mol. The highest BCUT2D eigenvalue weighted by Gasteiger charge is 2.17. The van der Waals surface area contributed by atoms with Crippen LogP contribution in [0.2, 0.25) is 0 Å². The van der Waals surface area contributed by atoms with Gasteiger partial charge in [-0.1, -0.05) is 69.5 Å². The summed E-state index contributed by atoms with van der Waals surface area (Å²) in [5.74, 6) is 0.952. The molecule has 0 radical (unpaired) electrons. The van der Waals surface area contributed by atoms with E-state index in [0.29, 0.717) is 40.6 Å². The standard InChI is InChI=1S/C30H31N3O4/c1-3-5-10-20(4-2)19-37-30(36)22-17-15-21(16-18-22)27-31-28(23-11-6-8-13-25(23)34)33-29(32-27)24-12-7-9-14-26(24)35/h6-9,11-18,20,34-35H,3-5,10,19H2,1-2H3. The number of phenols is 2. The van der Waals surface area contributed by atoms with Gasteiger partial charge < -0.3 is 14.9 Å². The minimum Gasteiger partial charge on any atom is -0.507 e. The Balaban J connectivity index is 1.64. The molecule has 4 aromatic rings. The third-order valence-corrected chi connectivity index (χ3v) is 6.30. The number of ether oxygens (including phenoxy) is 1. The van der Waals surface area contributed by atoms with Crippen molar-refractivity contribution in [1.29, 1.82) is 0 Å². The molecule has 7 nitrogen and oxygen atoms in total. The number of hydrogen-bond donors (Lipinski definition) is 2. The Morgan fingerprint density at radius 2 is 1.32 bits per heavy atom. The van der Waals surface area contributed by atoms with Crippen molar-refractivity contribution in [1.82, 2.24) is 15.0 Å². The summed E-state index contributed by atoms with van der Waals surface area (Å²) < 4.78 is 5.57. The number of nitrogens with zero attached hydrogens (tertiary/aromatic N) is 3. The molecule has 4 rings (SSSR count). The topological polar surface area (TPSA) is 105 Å². The number of carbonyl (C=O) groups is 1. The molecule has 1 aromatic heterocycles. The van der Waals surface area contributed by atoms with Gasteiger partial charge in [0.1, 0.15) is 11.5 Å². The maximum absolute atomic E-state index is 12.6. The molecule has 37 heavy (non-hydrogen) atoms. The van der Waals surface area contributed by atoms with Crippen molar-refractivity contribution in [3.05, 3.63) is 78.4 Å². The number of para-hydroxylation sites is 2. The Kier molecular flexibility index (Phi) is 8.46. The molecule has 1 unspecified atom stereocenters. The van der Waals surface area contributed by atoms with Crippen LogP contribution in [0.25, 0.3) is 34.2 Å². The maximum Gasteiger partial charge on any atom is 0.338 e. The van der Waals surface area contributed by atoms with Crippen LogP contribution in [0.15, 0.2) is 72.8 Å². The van der Waals surface area contributed by atoms with Crippen LogP contribution >= 0.6 is 0 Å². The molecule has 1 atom stereocenters. The third kappa shape index (κ3) is 6.30. The Morgan fingerprint density at radius 1 is 0.784 bits per heavy atom. The number of unbranched alkanes of at least 4 members (excludes halogenated alkanes) is 1. The lowest BCUT2D eigenvalue weighted by atomic mass is 10.0. The van der Waals surface area contributed by atoms with E-state index in [9.17, 15) is 15.0 Å². The number of aromatic hydroxyl groups is 2. The van der Waals surface area contributed by atoms with E-state index in [-0.39, 0.29) is 29.1 Å². The summed E-state index contributed by atoms with van der Waals surface area (Å²) in [6, 6.07) is 20.4. The fourth-order valence-corrected chi connectivity index (χ4v) is 4.00. The molecule has 0 aliphatic heterocycles. The summed E-state index contributed by atoms with van der Waals surface area (Å²) in [7, 11) is 0. The van der Waals surface area contributed by atoms with E-state index in [1.54, 1.807) is 72.8 Å². The third-order valence-electron chi connectivity index (χ3n) is 6.30. The molecule has 0 amide bonds. The molecular formula is C30H31N3O4. The molecule has 0 spiro atoms. The average Bonchev–Trinajstić information content (AvgIpc) is 2.93. The molecule has 1 heterocycles. The first-order valence-corrected chi connectivity index (χ1v) is 12.6. The number of phenolic OH excluding ortho intramolecular Hbond substituents is 2. The van der Waals surface area contributed by atoms with Gasteiger partial charge >= 0.3 is 5.97 Å². The van der Waals surface area contributed by atoms with Gasteiger partial charge in [-0.15, -0.1) is 0 Å². The molecule has 2 N–H and O–H groups in total. The number of hydrogen-bond acceptors (Lipinski definition) is 7. The highest BCUT2D eigenvalue weighted by molar-refractivity contribution is 5.90. The van der Waals surface area contributed by atoms with E-state index in [1.165, 1.54) is 0 Å². The average molecular weight is 498 g/mol. The van der Waals surface area contributed by atoms with Crippen molar-refractivity contribution in [2.75, 3.05) is 6.61 Å². The lowest BCUT2D eigenvalue weighted by Crippen LogP contribution is -2.14. The Morgan fingerprint density at radius 3 is 1.84 bits per heavy atom. The first-order chi connectivity index (χ1) is 18.0. The summed E-state index contributed by atoms with van der Waals surface area (Å²) in [5.41, 5.74) is 1.99. The van der Waals surface area contributed by atoms with Crippen LogP contribution < -0.4 is 0 Å². The van der Waals surface area contributed by atoms with Crippen LogP contribution in [0, 0.1) is 5.92 Å². The van der Waals surface area contributed by atoms with E-state index in [2.05, 4.69) is 28.8 Å². The SMILES string of the molecule is CCCCC(CC)COC(=O)c1ccc(-c2nc(-c3ccccc3O)nc(-c3ccccc3O)n2)cc1. The van der Waals surface area contributed by atoms with E-state index in [0.717, 1.165) is 25.7 Å². The molecule has 0 fully saturated rings. The van der Waals surface area contributed by atoms with Gasteiger partial charge in [0.15, 0.2) is 17.5 Å². The van der Waals surface area contributed by atoms with E-state index < -0.39 is 0 Å². The monoisotopic (exact) mass is 497 g/mol. The zero-order chi connectivity index (χ0) is 26.2. The molecular weight excluding hydrogens is 466 g/mol. The van der Waals surface area contributed by atoms with Crippen LogP contribution in [0.4, 0.5) is 0 Å². The smallest absolute Gasteiger partial charge is 0.338 e. The minimum absolute atomic E-state index is 0.0327. The lowest BCUT2D eigenvalue weighted by molar-refractivity contribution is 0.0428. The van der Waals surface area contributed by atoms with E-state index in [4.69, 9.17) is 4.74 Å². The first kappa shape index (κ1) is 25.8. The summed E-state index contributed by atoms with van der Waals surface area (Å²) in [4.78, 5) is 26.3. The van der Waals surface area contributed by atoms with Crippen LogP contribution in [-0.2, 0) is 4.74 Å². The fourth-order valence-electron chi connectivity index (χ4n) is 4.00. The second-order valence-electron chi connectivity index (χ2n) is 8.93. The van der Waals surface area contributed by atoms with Gasteiger partial charge in [0, 0.05) is 5.56 Å². The second kappa shape index (κ2) is 12.1. The zero-order valence-corrected chi connectivity index (χ0v) is 21.1. The zero-order valence-electron chi connectivity index (χ0n) is 21.1. The quantitative estimate of drug-likeness (QED) is 0.236. The Labute approximate surface area is 216 Å². The summed E-state index contributed by atoms with van der Waals surface area (Å²) in [5, 5.41) is 20.8. The fraction of sp³-hybridized carbons (Fsp3) is 0.267. The molecule has 190 valence electrons. The van der Waals surface area contributed by atoms with Crippen molar-refractivity contribution in [2.24, 2.45) is 5.92 Å². The van der Waals surface area contributed by atoms with E-state index in [1.807, 2.05) is 0 Å². The number of esters is 1. The number of benzene rings is 3. The Hall–Kier alpha value is -4.26. The molecule has 0 saturated carbocycles. The highest BCUT2D eigenvalue weighted by atomic mass is 16.5. The maximum atomic E-state index is 12.6. The van der Waals surface area contributed by atoms with Crippen molar-refractivity contribution < 1.29 is 19.7 Å². The molecule has 7 heteroatoms. The van der Waals surface area contributed by atoms with Crippen LogP contribution in [-0.4, -0.2) is 37.7 Å². The van der Waals surface area contributed by atoms with Gasteiger partial charge in [-0.3, -0.25) is 0 Å². The van der Waals surface area contributed by atoms with Gasteiger partial charge in [0.25, 0.3) is 0 Å². The van der Waals surface area contributed by atoms with Crippen molar-refractivity contribution in [2.45, 2.75) is 39.5 Å². The van der Waals surface area contributed by atoms with Crippen molar-refractivity contribution >= 4 is 5.97 Å². The van der Waals surface area contributed by atoms with Crippen LogP contribution in [0.3, 0.4) is 0 Å². The van der Waals surface area contributed by atoms with Gasteiger partial charge in [-0.05, 0) is 48.7 Å². The molecule has 0 bridgehead atoms. The number of aromatic nitrogens is 3. The van der Waals surface area contributed by atoms with Gasteiger partial charge in [0.05, 0.1) is 23.3 Å². The highest BCUT2D eigenvalue weighted by Crippen LogP contribution is 2.32. The summed E-state index contributed by atoms with van der Waals surface area (Å²) in [6.45, 7) is 4.69. The second-order valence-corrected chi connectivity index (χ2v) is 8.93. The van der Waals surface area contributed by atoms with Gasteiger partial charge in [-0.2, -0.15) is 0 Å². The van der Waals surface area contributed by atoms with Crippen molar-refractivity contribution in [3.8, 4) is 45.7 Å². The van der Waals surface area contributed by atoms with Crippen LogP contribution in [0.1, 0.15) is 49.9 Å². The Bertz CT molecular complexity index is 1290. The number of rotatable bonds is 10. The normalized spacial score (nSPS) is 11.7. The summed E-state index contributed by atoms with van der Waals surface area (Å²) in [6.07, 6.45) is 4.28. The van der Waals surface area contributed by atoms with Gasteiger partial charge in [0.2, 0.25) is 0 Å². The minimum atomic E-state index is -0.359. The molecule has 0 aliphatic rings. The van der Waals surface area contributed by atoms with Crippen LogP contribution in [0.5, 0.6) is 11.5 Å². The predicted octanol–water partition coefficient (Wildman–Crippen LogP) is 6.66. The summed E-state index contributed by atoms with van der Waals surface area (Å²) >= 11 is 0. The molecule has 0 aliphatic carbocycles. The molecule has 0 saturated heterocycles. The largest absolute Gasteiger partial charge is 0.507 e.